The molecule has 1 aromatic carbocycles. The molecule has 0 saturated heterocycles. The number of nitrogens with one attached hydrogen (secondary N) is 1. The highest BCUT2D eigenvalue weighted by atomic mass is 79.9. The molecule has 0 aliphatic carbocycles. The fourth-order valence-electron chi connectivity index (χ4n) is 1.06. The Labute approximate surface area is 111 Å². The minimum absolute atomic E-state index is 0. The number of hydrogen-bond acceptors (Lipinski definition) is 2. The van der Waals surface area contributed by atoms with E-state index in [0.29, 0.717) is 5.56 Å². The Morgan fingerprint density at radius 1 is 1.44 bits per heavy atom. The Morgan fingerprint density at radius 2 is 2.06 bits per heavy atom. The second-order valence-corrected chi connectivity index (χ2v) is 4.01. The van der Waals surface area contributed by atoms with Crippen LogP contribution in [0.4, 0.5) is 0 Å². The van der Waals surface area contributed by atoms with Gasteiger partial charge in [-0.25, -0.2) is 0 Å². The van der Waals surface area contributed by atoms with Crippen LogP contribution in [0.1, 0.15) is 18.1 Å². The second kappa shape index (κ2) is 8.20. The first-order chi connectivity index (χ1) is 7.26. The number of halogens is 1. The van der Waals surface area contributed by atoms with E-state index in [0.717, 1.165) is 17.5 Å². The minimum atomic E-state index is 0. The first-order valence-corrected chi connectivity index (χ1v) is 5.73. The molecule has 1 aromatic rings. The van der Waals surface area contributed by atoms with Crippen LogP contribution in [0.15, 0.2) is 24.3 Å². The first-order valence-electron chi connectivity index (χ1n) is 4.74. The van der Waals surface area contributed by atoms with Gasteiger partial charge in [0.2, 0.25) is 0 Å². The van der Waals surface area contributed by atoms with Gasteiger partial charge in [0.05, 0.1) is 18.2 Å². The van der Waals surface area contributed by atoms with Crippen LogP contribution in [0, 0.1) is 11.3 Å². The van der Waals surface area contributed by atoms with Gasteiger partial charge < -0.3 is 17.0 Å². The lowest BCUT2D eigenvalue weighted by Crippen LogP contribution is -3.00. The smallest absolute Gasteiger partial charge is 0.302 e. The summed E-state index contributed by atoms with van der Waals surface area (Å²) in [7, 11) is 0. The molecule has 3 nitrogen and oxygen atoms in total. The fourth-order valence-corrected chi connectivity index (χ4v) is 1.82. The van der Waals surface area contributed by atoms with Gasteiger partial charge >= 0.3 is 5.17 Å². The molecule has 0 radical (unpaired) electrons. The van der Waals surface area contributed by atoms with Gasteiger partial charge in [0, 0.05) is 5.75 Å². The number of nitrogens with zero attached hydrogens (tertiary/aromatic N) is 1. The van der Waals surface area contributed by atoms with Gasteiger partial charge in [-0.1, -0.05) is 12.1 Å². The van der Waals surface area contributed by atoms with Crippen LogP contribution in [0.2, 0.25) is 0 Å². The zero-order valence-corrected chi connectivity index (χ0v) is 11.4. The summed E-state index contributed by atoms with van der Waals surface area (Å²) in [6.07, 6.45) is 0. The van der Waals surface area contributed by atoms with Crippen molar-refractivity contribution in [3.05, 3.63) is 35.4 Å². The highest BCUT2D eigenvalue weighted by molar-refractivity contribution is 8.12. The maximum Gasteiger partial charge on any atom is 0.302 e. The molecule has 0 aliphatic heterocycles. The number of rotatable bonds is 3. The maximum absolute atomic E-state index is 8.63. The summed E-state index contributed by atoms with van der Waals surface area (Å²) in [4.78, 5) is 3.04. The van der Waals surface area contributed by atoms with Crippen LogP contribution < -0.4 is 27.7 Å². The Morgan fingerprint density at radius 3 is 2.56 bits per heavy atom. The Hall–Kier alpha value is -0.990. The van der Waals surface area contributed by atoms with Gasteiger partial charge in [0.1, 0.15) is 0 Å². The molecule has 0 saturated carbocycles. The lowest BCUT2D eigenvalue weighted by atomic mass is 10.2. The summed E-state index contributed by atoms with van der Waals surface area (Å²) >= 11 is 1.57. The van der Waals surface area contributed by atoms with Crippen LogP contribution in [-0.2, 0) is 5.75 Å². The lowest BCUT2D eigenvalue weighted by Gasteiger charge is -1.98. The molecule has 0 fully saturated rings. The van der Waals surface area contributed by atoms with Crippen LogP contribution in [0.5, 0.6) is 0 Å². The topological polar surface area (TPSA) is 63.8 Å². The van der Waals surface area contributed by atoms with Gasteiger partial charge in [-0.2, -0.15) is 5.26 Å². The molecule has 0 heterocycles. The third-order valence-corrected chi connectivity index (χ3v) is 2.76. The number of thioether (sulfide) groups is 1. The first kappa shape index (κ1) is 15.0. The third-order valence-electron chi connectivity index (χ3n) is 1.83. The lowest BCUT2D eigenvalue weighted by molar-refractivity contribution is -0.450. The van der Waals surface area contributed by atoms with E-state index in [1.807, 2.05) is 31.2 Å². The van der Waals surface area contributed by atoms with Crippen LogP contribution in [-0.4, -0.2) is 11.7 Å². The third kappa shape index (κ3) is 5.19. The molecular weight excluding hydrogens is 286 g/mol. The molecule has 1 rings (SSSR count). The Bertz CT molecular complexity index is 381. The van der Waals surface area contributed by atoms with Crippen molar-refractivity contribution >= 4 is 16.9 Å². The van der Waals surface area contributed by atoms with Crippen molar-refractivity contribution in [3.8, 4) is 6.07 Å². The number of amidine groups is 1. The van der Waals surface area contributed by atoms with E-state index in [1.54, 1.807) is 11.8 Å². The summed E-state index contributed by atoms with van der Waals surface area (Å²) in [5, 5.41) is 9.37. The minimum Gasteiger partial charge on any atom is -1.00 e. The van der Waals surface area contributed by atoms with Crippen molar-refractivity contribution in [1.82, 2.24) is 0 Å². The van der Waals surface area contributed by atoms with E-state index >= 15 is 0 Å². The maximum atomic E-state index is 8.63. The number of hydrogen-bond donors (Lipinski definition) is 2. The number of benzene rings is 1. The largest absolute Gasteiger partial charge is 1.00 e. The highest BCUT2D eigenvalue weighted by Gasteiger charge is 2.00. The van der Waals surface area contributed by atoms with Gasteiger partial charge in [0.25, 0.3) is 0 Å². The van der Waals surface area contributed by atoms with Crippen molar-refractivity contribution < 1.29 is 22.0 Å². The number of nitriles is 1. The predicted molar refractivity (Wildman–Crippen MR) is 63.2 cm³/mol. The number of nitrogens with two attached hydrogens (primary N) is 1. The molecule has 0 atom stereocenters. The molecular formula is C11H14BrN3S. The normalized spacial score (nSPS) is 10.4. The summed E-state index contributed by atoms with van der Waals surface area (Å²) in [5.41, 5.74) is 7.56. The summed E-state index contributed by atoms with van der Waals surface area (Å²) < 4.78 is 0. The molecule has 5 heteroatoms. The van der Waals surface area contributed by atoms with Crippen molar-refractivity contribution in [2.75, 3.05) is 6.54 Å². The van der Waals surface area contributed by atoms with Gasteiger partial charge in [0.15, 0.2) is 0 Å². The summed E-state index contributed by atoms with van der Waals surface area (Å²) in [6.45, 7) is 2.85. The van der Waals surface area contributed by atoms with Crippen molar-refractivity contribution in [1.29, 1.82) is 5.26 Å². The molecule has 3 N–H and O–H groups in total. The predicted octanol–water partition coefficient (Wildman–Crippen LogP) is -2.79. The molecule has 0 unspecified atom stereocenters. The van der Waals surface area contributed by atoms with Gasteiger partial charge in [-0.15, -0.1) is 0 Å². The van der Waals surface area contributed by atoms with Gasteiger partial charge in [-0.05, 0) is 36.4 Å². The monoisotopic (exact) mass is 299 g/mol. The summed E-state index contributed by atoms with van der Waals surface area (Å²) in [6, 6.07) is 9.63. The molecule has 86 valence electrons. The SMILES string of the molecule is CC[NH+]=C(N)SCc1ccc(C#N)cc1.[Br-]. The Kier molecular flexibility index (Phi) is 7.69. The standard InChI is InChI=1S/C11H13N3S.BrH/c1-2-14-11(13)15-8-10-5-3-9(7-12)4-6-10;/h3-6H,2,8H2,1H3,(H2,13,14);1H. The van der Waals surface area contributed by atoms with Crippen LogP contribution in [0.3, 0.4) is 0 Å². The molecule has 16 heavy (non-hydrogen) atoms. The van der Waals surface area contributed by atoms with E-state index in [-0.39, 0.29) is 17.0 Å². The van der Waals surface area contributed by atoms with Crippen LogP contribution in [0.25, 0.3) is 0 Å². The van der Waals surface area contributed by atoms with Crippen molar-refractivity contribution in [2.24, 2.45) is 5.73 Å². The molecule has 0 amide bonds. The Balaban J connectivity index is 0.00000225. The van der Waals surface area contributed by atoms with E-state index in [2.05, 4.69) is 11.1 Å². The molecule has 0 spiro atoms. The van der Waals surface area contributed by atoms with Crippen molar-refractivity contribution in [2.45, 2.75) is 12.7 Å². The van der Waals surface area contributed by atoms with E-state index in [1.165, 1.54) is 5.56 Å². The molecule has 0 aromatic heterocycles. The highest BCUT2D eigenvalue weighted by Crippen LogP contribution is 2.11. The molecule has 0 bridgehead atoms. The average Bonchev–Trinajstić information content (AvgIpc) is 2.27. The summed E-state index contributed by atoms with van der Waals surface area (Å²) in [5.74, 6) is 0.824. The zero-order chi connectivity index (χ0) is 11.1. The quantitative estimate of drug-likeness (QED) is 0.469. The fraction of sp³-hybridized carbons (Fsp3) is 0.273. The van der Waals surface area contributed by atoms with E-state index in [4.69, 9.17) is 11.0 Å². The van der Waals surface area contributed by atoms with E-state index < -0.39 is 0 Å². The molecule has 0 aliphatic rings. The van der Waals surface area contributed by atoms with E-state index in [9.17, 15) is 0 Å². The second-order valence-electron chi connectivity index (χ2n) is 2.99. The van der Waals surface area contributed by atoms with Crippen LogP contribution >= 0.6 is 11.8 Å². The average molecular weight is 300 g/mol. The van der Waals surface area contributed by atoms with Gasteiger partial charge in [-0.3, -0.25) is 10.7 Å². The van der Waals surface area contributed by atoms with Crippen molar-refractivity contribution in [3.63, 3.8) is 0 Å². The zero-order valence-electron chi connectivity index (χ0n) is 9.03.